The number of amides is 1. The maximum absolute atomic E-state index is 12.5. The van der Waals surface area contributed by atoms with Crippen molar-refractivity contribution in [2.45, 2.75) is 26.2 Å². The fourth-order valence-corrected chi connectivity index (χ4v) is 2.74. The Kier molecular flexibility index (Phi) is 4.93. The smallest absolute Gasteiger partial charge is 0.274 e. The number of rotatable bonds is 5. The van der Waals surface area contributed by atoms with Gasteiger partial charge in [-0.1, -0.05) is 39.0 Å². The van der Waals surface area contributed by atoms with E-state index in [2.05, 4.69) is 36.9 Å². The molecule has 0 N–H and O–H groups in total. The summed E-state index contributed by atoms with van der Waals surface area (Å²) in [7, 11) is 1.75. The van der Waals surface area contributed by atoms with Crippen LogP contribution in [0.25, 0.3) is 5.65 Å². The van der Waals surface area contributed by atoms with E-state index in [0.717, 1.165) is 11.3 Å². The molecule has 0 saturated carbocycles. The molecule has 2 heterocycles. The summed E-state index contributed by atoms with van der Waals surface area (Å²) in [4.78, 5) is 18.5. The lowest BCUT2D eigenvalue weighted by molar-refractivity contribution is 0.0768. The second-order valence-corrected chi connectivity index (χ2v) is 7.27. The van der Waals surface area contributed by atoms with Gasteiger partial charge in [-0.05, 0) is 29.2 Å². The van der Waals surface area contributed by atoms with Crippen molar-refractivity contribution >= 4 is 11.6 Å². The Labute approximate surface area is 153 Å². The molecule has 0 bridgehead atoms. The third kappa shape index (κ3) is 3.85. The minimum Gasteiger partial charge on any atom is -0.491 e. The number of fused-ring (bicyclic) bond motifs is 1. The average Bonchev–Trinajstić information content (AvgIpc) is 3.04. The fraction of sp³-hybridized carbons (Fsp3) is 0.350. The number of likely N-dealkylation sites (N-methyl/N-ethyl adjacent to an activating group) is 1. The lowest BCUT2D eigenvalue weighted by Gasteiger charge is -2.23. The molecule has 136 valence electrons. The van der Waals surface area contributed by atoms with Gasteiger partial charge in [0.25, 0.3) is 5.91 Å². The maximum Gasteiger partial charge on any atom is 0.274 e. The van der Waals surface area contributed by atoms with E-state index in [1.165, 1.54) is 0 Å². The van der Waals surface area contributed by atoms with Crippen molar-refractivity contribution in [2.75, 3.05) is 20.2 Å². The zero-order valence-electron chi connectivity index (χ0n) is 15.6. The first-order chi connectivity index (χ1) is 12.4. The number of aromatic nitrogens is 3. The highest BCUT2D eigenvalue weighted by Gasteiger charge is 2.19. The summed E-state index contributed by atoms with van der Waals surface area (Å²) >= 11 is 0. The molecule has 1 amide bonds. The number of nitrogens with zero attached hydrogens (tertiary/aromatic N) is 4. The zero-order chi connectivity index (χ0) is 18.7. The van der Waals surface area contributed by atoms with E-state index >= 15 is 0 Å². The van der Waals surface area contributed by atoms with Crippen LogP contribution in [0.15, 0.2) is 48.8 Å². The van der Waals surface area contributed by atoms with Crippen molar-refractivity contribution in [3.05, 3.63) is 60.0 Å². The quantitative estimate of drug-likeness (QED) is 0.708. The van der Waals surface area contributed by atoms with Crippen molar-refractivity contribution in [1.82, 2.24) is 19.5 Å². The van der Waals surface area contributed by atoms with Crippen molar-refractivity contribution in [1.29, 1.82) is 0 Å². The topological polar surface area (TPSA) is 59.7 Å². The molecule has 6 heteroatoms. The number of carbonyl (C=O) groups is 1. The number of carbonyl (C=O) groups excluding carboxylic acids is 1. The Morgan fingerprint density at radius 2 is 1.96 bits per heavy atom. The highest BCUT2D eigenvalue weighted by atomic mass is 16.5. The molecular weight excluding hydrogens is 328 g/mol. The fourth-order valence-electron chi connectivity index (χ4n) is 2.74. The molecule has 0 aliphatic carbocycles. The summed E-state index contributed by atoms with van der Waals surface area (Å²) in [6.07, 6.45) is 3.30. The standard InChI is InChI=1S/C20H24N4O2/c1-20(2,3)15-8-5-6-9-17(15)26-13-12-23(4)19(25)16-14-24-18(22-16)10-7-11-21-24/h5-11,14H,12-13H2,1-4H3. The summed E-state index contributed by atoms with van der Waals surface area (Å²) in [5.74, 6) is 0.709. The summed E-state index contributed by atoms with van der Waals surface area (Å²) in [5, 5.41) is 4.14. The van der Waals surface area contributed by atoms with E-state index < -0.39 is 0 Å². The van der Waals surface area contributed by atoms with Crippen molar-refractivity contribution in [3.63, 3.8) is 0 Å². The third-order valence-electron chi connectivity index (χ3n) is 4.18. The monoisotopic (exact) mass is 352 g/mol. The minimum atomic E-state index is -0.150. The van der Waals surface area contributed by atoms with Crippen LogP contribution in [0.1, 0.15) is 36.8 Å². The van der Waals surface area contributed by atoms with Gasteiger partial charge in [-0.2, -0.15) is 5.10 Å². The maximum atomic E-state index is 12.5. The molecular formula is C20H24N4O2. The van der Waals surface area contributed by atoms with Crippen LogP contribution in [0.4, 0.5) is 0 Å². The average molecular weight is 352 g/mol. The van der Waals surface area contributed by atoms with E-state index in [4.69, 9.17) is 4.74 Å². The van der Waals surface area contributed by atoms with Crippen LogP contribution in [0.2, 0.25) is 0 Å². The van der Waals surface area contributed by atoms with Gasteiger partial charge in [0, 0.05) is 13.2 Å². The van der Waals surface area contributed by atoms with Crippen molar-refractivity contribution in [3.8, 4) is 5.75 Å². The molecule has 3 aromatic rings. The highest BCUT2D eigenvalue weighted by Crippen LogP contribution is 2.30. The minimum absolute atomic E-state index is 0.00184. The van der Waals surface area contributed by atoms with Gasteiger partial charge in [0.05, 0.1) is 12.7 Å². The summed E-state index contributed by atoms with van der Waals surface area (Å²) in [6, 6.07) is 11.6. The number of ether oxygens (including phenoxy) is 1. The lowest BCUT2D eigenvalue weighted by Crippen LogP contribution is -2.31. The Bertz CT molecular complexity index is 878. The van der Waals surface area contributed by atoms with Gasteiger partial charge in [-0.3, -0.25) is 4.79 Å². The number of hydrogen-bond acceptors (Lipinski definition) is 4. The molecule has 0 aliphatic heterocycles. The van der Waals surface area contributed by atoms with Gasteiger partial charge in [0.2, 0.25) is 0 Å². The van der Waals surface area contributed by atoms with Crippen LogP contribution in [0.5, 0.6) is 5.75 Å². The molecule has 2 aromatic heterocycles. The van der Waals surface area contributed by atoms with Gasteiger partial charge < -0.3 is 9.64 Å². The number of hydrogen-bond donors (Lipinski definition) is 0. The molecule has 1 aromatic carbocycles. The number of benzene rings is 1. The van der Waals surface area contributed by atoms with E-state index in [-0.39, 0.29) is 11.3 Å². The molecule has 0 aliphatic rings. The van der Waals surface area contributed by atoms with Crippen molar-refractivity contribution < 1.29 is 9.53 Å². The molecule has 0 radical (unpaired) electrons. The van der Waals surface area contributed by atoms with Gasteiger partial charge in [0.1, 0.15) is 18.1 Å². The van der Waals surface area contributed by atoms with Crippen LogP contribution in [0, 0.1) is 0 Å². The van der Waals surface area contributed by atoms with Crippen LogP contribution < -0.4 is 4.74 Å². The van der Waals surface area contributed by atoms with Crippen LogP contribution >= 0.6 is 0 Å². The molecule has 3 rings (SSSR count). The predicted molar refractivity (Wildman–Crippen MR) is 101 cm³/mol. The molecule has 0 spiro atoms. The van der Waals surface area contributed by atoms with Gasteiger partial charge in [0.15, 0.2) is 5.65 Å². The van der Waals surface area contributed by atoms with Crippen molar-refractivity contribution in [2.24, 2.45) is 0 Å². The summed E-state index contributed by atoms with van der Waals surface area (Å²) in [5.41, 5.74) is 2.18. The van der Waals surface area contributed by atoms with Crippen LogP contribution in [0.3, 0.4) is 0 Å². The molecule has 26 heavy (non-hydrogen) atoms. The zero-order valence-corrected chi connectivity index (χ0v) is 15.6. The van der Waals surface area contributed by atoms with E-state index in [1.807, 2.05) is 24.3 Å². The SMILES string of the molecule is CN(CCOc1ccccc1C(C)(C)C)C(=O)c1cn2ncccc2n1. The van der Waals surface area contributed by atoms with Gasteiger partial charge in [-0.15, -0.1) is 0 Å². The van der Waals surface area contributed by atoms with E-state index in [9.17, 15) is 4.79 Å². The molecule has 0 atom stereocenters. The first-order valence-electron chi connectivity index (χ1n) is 8.64. The Morgan fingerprint density at radius 3 is 2.69 bits per heavy atom. The lowest BCUT2D eigenvalue weighted by atomic mass is 9.86. The normalized spacial score (nSPS) is 11.5. The molecule has 0 saturated heterocycles. The summed E-state index contributed by atoms with van der Waals surface area (Å²) < 4.78 is 7.54. The molecule has 0 unspecified atom stereocenters. The van der Waals surface area contributed by atoms with Crippen LogP contribution in [-0.2, 0) is 5.41 Å². The number of imidazole rings is 1. The highest BCUT2D eigenvalue weighted by molar-refractivity contribution is 5.92. The Morgan fingerprint density at radius 1 is 1.19 bits per heavy atom. The first kappa shape index (κ1) is 17.9. The third-order valence-corrected chi connectivity index (χ3v) is 4.18. The predicted octanol–water partition coefficient (Wildman–Crippen LogP) is 3.18. The van der Waals surface area contributed by atoms with Gasteiger partial charge >= 0.3 is 0 Å². The molecule has 6 nitrogen and oxygen atoms in total. The second kappa shape index (κ2) is 7.15. The second-order valence-electron chi connectivity index (χ2n) is 7.27. The van der Waals surface area contributed by atoms with E-state index in [0.29, 0.717) is 24.5 Å². The number of para-hydroxylation sites is 1. The van der Waals surface area contributed by atoms with E-state index in [1.54, 1.807) is 34.9 Å². The van der Waals surface area contributed by atoms with Gasteiger partial charge in [-0.25, -0.2) is 9.50 Å². The Hall–Kier alpha value is -2.89. The summed E-state index contributed by atoms with van der Waals surface area (Å²) in [6.45, 7) is 7.35. The Balaban J connectivity index is 1.62. The largest absolute Gasteiger partial charge is 0.491 e. The molecule has 0 fully saturated rings. The first-order valence-corrected chi connectivity index (χ1v) is 8.64. The van der Waals surface area contributed by atoms with Crippen LogP contribution in [-0.4, -0.2) is 45.6 Å².